The fourth-order valence-electron chi connectivity index (χ4n) is 3.28. The molecule has 1 saturated heterocycles. The minimum absolute atomic E-state index is 0. The van der Waals surface area contributed by atoms with Crippen LogP contribution in [0.25, 0.3) is 0 Å². The van der Waals surface area contributed by atoms with Crippen molar-refractivity contribution in [1.29, 1.82) is 0 Å². The number of nitrogens with zero attached hydrogens (tertiary/aromatic N) is 2. The molecule has 6 nitrogen and oxygen atoms in total. The molecule has 0 saturated carbocycles. The lowest BCUT2D eigenvalue weighted by Gasteiger charge is -2.16. The van der Waals surface area contributed by atoms with Gasteiger partial charge in [0.15, 0.2) is 5.96 Å². The summed E-state index contributed by atoms with van der Waals surface area (Å²) in [5, 5.41) is 6.40. The summed E-state index contributed by atoms with van der Waals surface area (Å²) in [7, 11) is -1.70. The van der Waals surface area contributed by atoms with E-state index in [2.05, 4.69) is 15.6 Å². The lowest BCUT2D eigenvalue weighted by molar-refractivity contribution is 0.477. The molecule has 0 bridgehead atoms. The van der Waals surface area contributed by atoms with E-state index in [1.165, 1.54) is 12.1 Å². The van der Waals surface area contributed by atoms with Gasteiger partial charge in [-0.25, -0.2) is 12.8 Å². The van der Waals surface area contributed by atoms with Crippen LogP contribution >= 0.6 is 24.0 Å². The topological polar surface area (TPSA) is 73.8 Å². The maximum atomic E-state index is 13.2. The molecule has 30 heavy (non-hydrogen) atoms. The highest BCUT2D eigenvalue weighted by atomic mass is 127. The van der Waals surface area contributed by atoms with Crippen LogP contribution in [0.5, 0.6) is 0 Å². The molecule has 2 aromatic carbocycles. The Labute approximate surface area is 195 Å². The van der Waals surface area contributed by atoms with Crippen LogP contribution in [0.15, 0.2) is 58.4 Å². The molecule has 9 heteroatoms. The molecule has 1 fully saturated rings. The van der Waals surface area contributed by atoms with E-state index >= 15 is 0 Å². The Morgan fingerprint density at radius 2 is 1.77 bits per heavy atom. The second kappa shape index (κ2) is 11.6. The summed E-state index contributed by atoms with van der Waals surface area (Å²) < 4.78 is 39.9. The van der Waals surface area contributed by atoms with Crippen LogP contribution in [0, 0.1) is 5.82 Å². The van der Waals surface area contributed by atoms with Crippen molar-refractivity contribution in [2.75, 3.05) is 26.7 Å². The molecule has 0 aromatic heterocycles. The van der Waals surface area contributed by atoms with Gasteiger partial charge in [0.1, 0.15) is 5.82 Å². The Balaban J connectivity index is 0.00000320. The van der Waals surface area contributed by atoms with Crippen molar-refractivity contribution in [3.63, 3.8) is 0 Å². The SMILES string of the molecule is CN=C(NCCc1cccc(F)c1)NCc1ccc(S(=O)(=O)N2CCCC2)cc1.I. The minimum atomic E-state index is -3.38. The van der Waals surface area contributed by atoms with Crippen LogP contribution in [0.3, 0.4) is 0 Å². The third-order valence-electron chi connectivity index (χ3n) is 4.90. The van der Waals surface area contributed by atoms with Gasteiger partial charge in [-0.3, -0.25) is 4.99 Å². The molecule has 164 valence electrons. The summed E-state index contributed by atoms with van der Waals surface area (Å²) in [4.78, 5) is 4.51. The lowest BCUT2D eigenvalue weighted by Crippen LogP contribution is -2.37. The van der Waals surface area contributed by atoms with E-state index < -0.39 is 10.0 Å². The number of benzene rings is 2. The van der Waals surface area contributed by atoms with Gasteiger partial charge in [-0.2, -0.15) is 4.31 Å². The zero-order valence-corrected chi connectivity index (χ0v) is 20.1. The van der Waals surface area contributed by atoms with Crippen molar-refractivity contribution in [3.05, 3.63) is 65.5 Å². The van der Waals surface area contributed by atoms with Crippen molar-refractivity contribution in [1.82, 2.24) is 14.9 Å². The van der Waals surface area contributed by atoms with E-state index in [4.69, 9.17) is 0 Å². The Kier molecular flexibility index (Phi) is 9.50. The third-order valence-corrected chi connectivity index (χ3v) is 6.82. The van der Waals surface area contributed by atoms with Gasteiger partial charge in [0.25, 0.3) is 0 Å². The Morgan fingerprint density at radius 1 is 1.07 bits per heavy atom. The molecular weight excluding hydrogens is 518 g/mol. The van der Waals surface area contributed by atoms with Crippen molar-refractivity contribution >= 4 is 40.0 Å². The van der Waals surface area contributed by atoms with E-state index in [1.54, 1.807) is 29.6 Å². The average Bonchev–Trinajstić information content (AvgIpc) is 3.27. The predicted molar refractivity (Wildman–Crippen MR) is 128 cm³/mol. The standard InChI is InChI=1S/C21H27FN4O2S.HI/c1-23-21(24-12-11-17-5-4-6-19(22)15-17)25-16-18-7-9-20(10-8-18)29(27,28)26-13-2-3-14-26;/h4-10,15H,2-3,11-14,16H2,1H3,(H2,23,24,25);1H. The maximum Gasteiger partial charge on any atom is 0.243 e. The summed E-state index contributed by atoms with van der Waals surface area (Å²) in [6.45, 7) is 2.34. The van der Waals surface area contributed by atoms with Crippen LogP contribution in [0.2, 0.25) is 0 Å². The summed E-state index contributed by atoms with van der Waals surface area (Å²) in [6, 6.07) is 13.5. The lowest BCUT2D eigenvalue weighted by atomic mass is 10.1. The largest absolute Gasteiger partial charge is 0.356 e. The molecule has 0 unspecified atom stereocenters. The molecule has 0 amide bonds. The molecule has 0 radical (unpaired) electrons. The molecule has 0 aliphatic carbocycles. The number of hydrogen-bond donors (Lipinski definition) is 2. The van der Waals surface area contributed by atoms with Gasteiger partial charge in [-0.1, -0.05) is 24.3 Å². The van der Waals surface area contributed by atoms with E-state index in [-0.39, 0.29) is 29.8 Å². The fraction of sp³-hybridized carbons (Fsp3) is 0.381. The van der Waals surface area contributed by atoms with Gasteiger partial charge in [0, 0.05) is 33.2 Å². The zero-order valence-electron chi connectivity index (χ0n) is 17.0. The van der Waals surface area contributed by atoms with E-state index in [0.29, 0.717) is 43.5 Å². The van der Waals surface area contributed by atoms with Gasteiger partial charge in [0.05, 0.1) is 4.90 Å². The average molecular weight is 546 g/mol. The van der Waals surface area contributed by atoms with Crippen LogP contribution in [0.4, 0.5) is 4.39 Å². The quantitative estimate of drug-likeness (QED) is 0.318. The molecular formula is C21H28FIN4O2S. The summed E-state index contributed by atoms with van der Waals surface area (Å²) >= 11 is 0. The molecule has 1 aliphatic heterocycles. The highest BCUT2D eigenvalue weighted by Crippen LogP contribution is 2.21. The molecule has 2 N–H and O–H groups in total. The third kappa shape index (κ3) is 6.64. The van der Waals surface area contributed by atoms with Gasteiger partial charge in [-0.15, -0.1) is 24.0 Å². The van der Waals surface area contributed by atoms with Crippen molar-refractivity contribution in [2.45, 2.75) is 30.7 Å². The number of aliphatic imine (C=N–C) groups is 1. The second-order valence-electron chi connectivity index (χ2n) is 6.99. The van der Waals surface area contributed by atoms with E-state index in [1.807, 2.05) is 18.2 Å². The molecule has 0 spiro atoms. The van der Waals surface area contributed by atoms with E-state index in [9.17, 15) is 12.8 Å². The van der Waals surface area contributed by atoms with Crippen molar-refractivity contribution < 1.29 is 12.8 Å². The summed E-state index contributed by atoms with van der Waals surface area (Å²) in [5.41, 5.74) is 1.88. The zero-order chi connectivity index (χ0) is 20.7. The fourth-order valence-corrected chi connectivity index (χ4v) is 4.80. The molecule has 1 aliphatic rings. The number of halogens is 2. The Morgan fingerprint density at radius 3 is 2.40 bits per heavy atom. The summed E-state index contributed by atoms with van der Waals surface area (Å²) in [6.07, 6.45) is 2.53. The van der Waals surface area contributed by atoms with Crippen LogP contribution in [0.1, 0.15) is 24.0 Å². The number of hydrogen-bond acceptors (Lipinski definition) is 3. The van der Waals surface area contributed by atoms with Gasteiger partial charge >= 0.3 is 0 Å². The highest BCUT2D eigenvalue weighted by molar-refractivity contribution is 14.0. The smallest absolute Gasteiger partial charge is 0.243 e. The van der Waals surface area contributed by atoms with Crippen molar-refractivity contribution in [3.8, 4) is 0 Å². The maximum absolute atomic E-state index is 13.2. The first-order valence-corrected chi connectivity index (χ1v) is 11.2. The Hall–Kier alpha value is -1.72. The highest BCUT2D eigenvalue weighted by Gasteiger charge is 2.26. The summed E-state index contributed by atoms with van der Waals surface area (Å²) in [5.74, 6) is 0.398. The first-order valence-electron chi connectivity index (χ1n) is 9.77. The van der Waals surface area contributed by atoms with Gasteiger partial charge in [0.2, 0.25) is 10.0 Å². The number of guanidine groups is 1. The van der Waals surface area contributed by atoms with Gasteiger partial charge < -0.3 is 10.6 Å². The van der Waals surface area contributed by atoms with Gasteiger partial charge in [-0.05, 0) is 54.7 Å². The predicted octanol–water partition coefficient (Wildman–Crippen LogP) is 3.14. The Bertz CT molecular complexity index is 946. The number of sulfonamides is 1. The first-order chi connectivity index (χ1) is 14.0. The molecule has 1 heterocycles. The molecule has 3 rings (SSSR count). The number of rotatable bonds is 7. The van der Waals surface area contributed by atoms with E-state index in [0.717, 1.165) is 24.0 Å². The molecule has 2 aromatic rings. The van der Waals surface area contributed by atoms with Crippen molar-refractivity contribution in [2.24, 2.45) is 4.99 Å². The van der Waals surface area contributed by atoms with Crippen LogP contribution in [-0.4, -0.2) is 45.4 Å². The minimum Gasteiger partial charge on any atom is -0.356 e. The molecule has 0 atom stereocenters. The van der Waals surface area contributed by atoms with Crippen LogP contribution in [-0.2, 0) is 23.0 Å². The van der Waals surface area contributed by atoms with Crippen LogP contribution < -0.4 is 10.6 Å². The second-order valence-corrected chi connectivity index (χ2v) is 8.93. The normalized spacial score (nSPS) is 14.9. The number of nitrogens with one attached hydrogen (secondary N) is 2. The first kappa shape index (κ1) is 24.5. The monoisotopic (exact) mass is 546 g/mol.